The van der Waals surface area contributed by atoms with Crippen molar-refractivity contribution in [2.24, 2.45) is 0 Å². The number of hydrogen-bond acceptors (Lipinski definition) is 2. The molecule has 0 saturated carbocycles. The van der Waals surface area contributed by atoms with Gasteiger partial charge in [0.25, 0.3) is 10.1 Å². The highest BCUT2D eigenvalue weighted by atomic mass is 79.9. The van der Waals surface area contributed by atoms with Gasteiger partial charge < -0.3 is 0 Å². The molecule has 0 atom stereocenters. The smallest absolute Gasteiger partial charge is 0.282 e. The minimum absolute atomic E-state index is 0.0828. The molecule has 0 heterocycles. The molecule has 15 heavy (non-hydrogen) atoms. The number of halogens is 1. The van der Waals surface area contributed by atoms with Gasteiger partial charge in [-0.3, -0.25) is 4.55 Å². The lowest BCUT2D eigenvalue weighted by Crippen LogP contribution is -2.00. The minimum Gasteiger partial charge on any atom is -0.282 e. The van der Waals surface area contributed by atoms with E-state index in [2.05, 4.69) is 15.9 Å². The van der Waals surface area contributed by atoms with E-state index in [0.29, 0.717) is 9.86 Å². The summed E-state index contributed by atoms with van der Waals surface area (Å²) in [6.07, 6.45) is 0. The van der Waals surface area contributed by atoms with Gasteiger partial charge in [-0.1, -0.05) is 30.3 Å². The van der Waals surface area contributed by atoms with E-state index < -0.39 is 10.1 Å². The van der Waals surface area contributed by atoms with Gasteiger partial charge in [-0.2, -0.15) is 8.42 Å². The highest BCUT2D eigenvalue weighted by molar-refractivity contribution is 9.10. The molecule has 0 aliphatic rings. The molecular weight excluding hydrogens is 280 g/mol. The second-order valence-corrected chi connectivity index (χ2v) is 5.29. The SMILES string of the molecule is O=S(=O)(O)c1c(Br)ccc2ccccc12. The van der Waals surface area contributed by atoms with Crippen LogP contribution in [0.5, 0.6) is 0 Å². The van der Waals surface area contributed by atoms with Crippen LogP contribution in [0.3, 0.4) is 0 Å². The Kier molecular flexibility index (Phi) is 2.54. The van der Waals surface area contributed by atoms with Crippen molar-refractivity contribution >= 4 is 36.8 Å². The highest BCUT2D eigenvalue weighted by Gasteiger charge is 2.17. The Balaban J connectivity index is 2.99. The molecule has 0 aromatic heterocycles. The Morgan fingerprint density at radius 2 is 1.73 bits per heavy atom. The third-order valence-electron chi connectivity index (χ3n) is 2.09. The maximum atomic E-state index is 11.2. The minimum atomic E-state index is -4.21. The second kappa shape index (κ2) is 3.59. The van der Waals surface area contributed by atoms with Crippen LogP contribution < -0.4 is 0 Å². The molecule has 78 valence electrons. The Morgan fingerprint density at radius 3 is 2.40 bits per heavy atom. The number of benzene rings is 2. The first-order chi connectivity index (χ1) is 7.00. The summed E-state index contributed by atoms with van der Waals surface area (Å²) in [5, 5.41) is 1.28. The van der Waals surface area contributed by atoms with Crippen molar-refractivity contribution in [3.63, 3.8) is 0 Å². The average molecular weight is 287 g/mol. The van der Waals surface area contributed by atoms with Gasteiger partial charge in [-0.15, -0.1) is 0 Å². The summed E-state index contributed by atoms with van der Waals surface area (Å²) in [5.74, 6) is 0. The average Bonchev–Trinajstić information content (AvgIpc) is 2.15. The molecule has 1 N–H and O–H groups in total. The van der Waals surface area contributed by atoms with E-state index in [9.17, 15) is 8.42 Å². The molecule has 0 unspecified atom stereocenters. The summed E-state index contributed by atoms with van der Waals surface area (Å²) in [6, 6.07) is 10.4. The zero-order chi connectivity index (χ0) is 11.1. The molecule has 0 aliphatic heterocycles. The molecule has 0 spiro atoms. The molecule has 0 amide bonds. The zero-order valence-electron chi connectivity index (χ0n) is 7.51. The Morgan fingerprint density at radius 1 is 1.07 bits per heavy atom. The normalized spacial score (nSPS) is 11.9. The standard InChI is InChI=1S/C10H7BrO3S/c11-9-6-5-7-3-1-2-4-8(7)10(9)15(12,13)14/h1-6H,(H,12,13,14). The molecule has 2 aromatic rings. The van der Waals surface area contributed by atoms with Crippen LogP contribution >= 0.6 is 15.9 Å². The lowest BCUT2D eigenvalue weighted by Gasteiger charge is -2.05. The van der Waals surface area contributed by atoms with Crippen molar-refractivity contribution in [3.05, 3.63) is 40.9 Å². The van der Waals surface area contributed by atoms with Crippen LogP contribution in [0, 0.1) is 0 Å². The van der Waals surface area contributed by atoms with Gasteiger partial charge in [0.1, 0.15) is 4.90 Å². The summed E-state index contributed by atoms with van der Waals surface area (Å²) in [7, 11) is -4.21. The van der Waals surface area contributed by atoms with Crippen LogP contribution in [0.2, 0.25) is 0 Å². The van der Waals surface area contributed by atoms with Crippen molar-refractivity contribution in [1.82, 2.24) is 0 Å². The molecule has 5 heteroatoms. The summed E-state index contributed by atoms with van der Waals surface area (Å²) in [5.41, 5.74) is 0. The molecule has 0 bridgehead atoms. The molecular formula is C10H7BrO3S. The van der Waals surface area contributed by atoms with Gasteiger partial charge >= 0.3 is 0 Å². The first kappa shape index (κ1) is 10.6. The largest absolute Gasteiger partial charge is 0.296 e. The van der Waals surface area contributed by atoms with Crippen LogP contribution in [-0.2, 0) is 10.1 Å². The van der Waals surface area contributed by atoms with Crippen molar-refractivity contribution < 1.29 is 13.0 Å². The zero-order valence-corrected chi connectivity index (χ0v) is 9.92. The van der Waals surface area contributed by atoms with E-state index >= 15 is 0 Å². The third kappa shape index (κ3) is 1.90. The molecule has 3 nitrogen and oxygen atoms in total. The van der Waals surface area contributed by atoms with E-state index in [0.717, 1.165) is 5.39 Å². The van der Waals surface area contributed by atoms with Crippen LogP contribution in [0.1, 0.15) is 0 Å². The van der Waals surface area contributed by atoms with Gasteiger partial charge in [0.05, 0.1) is 0 Å². The van der Waals surface area contributed by atoms with Crippen molar-refractivity contribution in [2.45, 2.75) is 4.90 Å². The number of hydrogen-bond donors (Lipinski definition) is 1. The van der Waals surface area contributed by atoms with Gasteiger partial charge in [0, 0.05) is 9.86 Å². The summed E-state index contributed by atoms with van der Waals surface area (Å²) >= 11 is 3.11. The molecule has 0 radical (unpaired) electrons. The molecule has 0 aliphatic carbocycles. The third-order valence-corrected chi connectivity index (χ3v) is 3.97. The number of rotatable bonds is 1. The topological polar surface area (TPSA) is 54.4 Å². The quantitative estimate of drug-likeness (QED) is 0.820. The molecule has 0 saturated heterocycles. The van der Waals surface area contributed by atoms with E-state index in [1.165, 1.54) is 0 Å². The van der Waals surface area contributed by atoms with Gasteiger partial charge in [-0.25, -0.2) is 0 Å². The predicted molar refractivity (Wildman–Crippen MR) is 61.5 cm³/mol. The van der Waals surface area contributed by atoms with Crippen molar-refractivity contribution in [2.75, 3.05) is 0 Å². The predicted octanol–water partition coefficient (Wildman–Crippen LogP) is 2.85. The van der Waals surface area contributed by atoms with Crippen LogP contribution in [0.4, 0.5) is 0 Å². The van der Waals surface area contributed by atoms with Crippen molar-refractivity contribution in [1.29, 1.82) is 0 Å². The van der Waals surface area contributed by atoms with Crippen molar-refractivity contribution in [3.8, 4) is 0 Å². The van der Waals surface area contributed by atoms with Crippen LogP contribution in [0.15, 0.2) is 45.8 Å². The van der Waals surface area contributed by atoms with E-state index in [1.54, 1.807) is 30.3 Å². The van der Waals surface area contributed by atoms with E-state index in [1.807, 2.05) is 6.07 Å². The van der Waals surface area contributed by atoms with E-state index in [-0.39, 0.29) is 4.90 Å². The first-order valence-corrected chi connectivity index (χ1v) is 6.38. The van der Waals surface area contributed by atoms with E-state index in [4.69, 9.17) is 4.55 Å². The molecule has 2 aromatic carbocycles. The maximum Gasteiger partial charge on any atom is 0.296 e. The van der Waals surface area contributed by atoms with Crippen LogP contribution in [0.25, 0.3) is 10.8 Å². The Hall–Kier alpha value is -0.910. The first-order valence-electron chi connectivity index (χ1n) is 4.15. The molecule has 0 fully saturated rings. The monoisotopic (exact) mass is 286 g/mol. The maximum absolute atomic E-state index is 11.2. The van der Waals surface area contributed by atoms with Gasteiger partial charge in [-0.05, 0) is 27.4 Å². The highest BCUT2D eigenvalue weighted by Crippen LogP contribution is 2.30. The lowest BCUT2D eigenvalue weighted by atomic mass is 10.1. The Bertz CT molecular complexity index is 620. The fraction of sp³-hybridized carbons (Fsp3) is 0. The molecule has 2 rings (SSSR count). The lowest BCUT2D eigenvalue weighted by molar-refractivity contribution is 0.483. The fourth-order valence-electron chi connectivity index (χ4n) is 1.48. The van der Waals surface area contributed by atoms with Crippen LogP contribution in [-0.4, -0.2) is 13.0 Å². The summed E-state index contributed by atoms with van der Waals surface area (Å²) < 4.78 is 31.9. The van der Waals surface area contributed by atoms with Gasteiger partial charge in [0.2, 0.25) is 0 Å². The second-order valence-electron chi connectivity index (χ2n) is 3.07. The fourth-order valence-corrected chi connectivity index (χ4v) is 3.22. The number of fused-ring (bicyclic) bond motifs is 1. The summed E-state index contributed by atoms with van der Waals surface area (Å²) in [4.78, 5) is -0.0828. The Labute approximate surface area is 95.6 Å². The van der Waals surface area contributed by atoms with Gasteiger partial charge in [0.15, 0.2) is 0 Å². The summed E-state index contributed by atoms with van der Waals surface area (Å²) in [6.45, 7) is 0.